The van der Waals surface area contributed by atoms with E-state index in [1.165, 1.54) is 0 Å². The highest BCUT2D eigenvalue weighted by Crippen LogP contribution is 2.25. The van der Waals surface area contributed by atoms with Crippen molar-refractivity contribution in [1.29, 1.82) is 0 Å². The van der Waals surface area contributed by atoms with Gasteiger partial charge in [-0.2, -0.15) is 0 Å². The van der Waals surface area contributed by atoms with Gasteiger partial charge in [0.05, 0.1) is 24.4 Å². The number of nitrogens with one attached hydrogen (secondary N) is 2. The summed E-state index contributed by atoms with van der Waals surface area (Å²) in [4.78, 5) is 25.4. The predicted molar refractivity (Wildman–Crippen MR) is 115 cm³/mol. The number of amides is 2. The Labute approximate surface area is 174 Å². The number of hydrogen-bond acceptors (Lipinski definition) is 3. The number of ether oxygens (including phenoxy) is 1. The van der Waals surface area contributed by atoms with E-state index in [4.69, 9.17) is 16.3 Å². The van der Waals surface area contributed by atoms with Gasteiger partial charge in [0.2, 0.25) is 0 Å². The van der Waals surface area contributed by atoms with Gasteiger partial charge in [0, 0.05) is 16.1 Å². The van der Waals surface area contributed by atoms with Crippen LogP contribution in [0.5, 0.6) is 5.75 Å². The highest BCUT2D eigenvalue weighted by atomic mass is 35.5. The number of benzene rings is 3. The molecule has 0 unspecified atom stereocenters. The molecule has 0 heterocycles. The first-order valence-corrected chi connectivity index (χ1v) is 9.47. The van der Waals surface area contributed by atoms with Crippen LogP contribution in [0.1, 0.15) is 39.2 Å². The van der Waals surface area contributed by atoms with Gasteiger partial charge in [0.15, 0.2) is 0 Å². The van der Waals surface area contributed by atoms with E-state index < -0.39 is 0 Å². The SMILES string of the molecule is COc1ccccc1[C@@H](C)NC(=O)c1ccccc1NC(=O)c1ccc(Cl)cc1. The van der Waals surface area contributed by atoms with E-state index in [9.17, 15) is 9.59 Å². The molecule has 3 aromatic rings. The van der Waals surface area contributed by atoms with Crippen molar-refractivity contribution < 1.29 is 14.3 Å². The molecule has 2 amide bonds. The average molecular weight is 409 g/mol. The summed E-state index contributed by atoms with van der Waals surface area (Å²) >= 11 is 5.87. The molecule has 2 N–H and O–H groups in total. The topological polar surface area (TPSA) is 67.4 Å². The summed E-state index contributed by atoms with van der Waals surface area (Å²) in [7, 11) is 1.59. The van der Waals surface area contributed by atoms with Crippen LogP contribution in [0.3, 0.4) is 0 Å². The highest BCUT2D eigenvalue weighted by molar-refractivity contribution is 6.30. The van der Waals surface area contributed by atoms with Crippen molar-refractivity contribution in [3.05, 3.63) is 94.5 Å². The molecule has 6 heteroatoms. The Bertz CT molecular complexity index is 1020. The zero-order chi connectivity index (χ0) is 20.8. The molecule has 0 radical (unpaired) electrons. The minimum Gasteiger partial charge on any atom is -0.496 e. The Hall–Kier alpha value is -3.31. The first-order valence-electron chi connectivity index (χ1n) is 9.09. The second-order valence-corrected chi connectivity index (χ2v) is 6.88. The summed E-state index contributed by atoms with van der Waals surface area (Å²) in [6.07, 6.45) is 0. The lowest BCUT2D eigenvalue weighted by atomic mass is 10.1. The van der Waals surface area contributed by atoms with Gasteiger partial charge in [-0.25, -0.2) is 0 Å². The van der Waals surface area contributed by atoms with Gasteiger partial charge >= 0.3 is 0 Å². The molecule has 3 aromatic carbocycles. The molecule has 0 saturated carbocycles. The first kappa shape index (κ1) is 20.4. The van der Waals surface area contributed by atoms with Crippen LogP contribution < -0.4 is 15.4 Å². The van der Waals surface area contributed by atoms with E-state index in [1.807, 2.05) is 31.2 Å². The molecule has 0 aliphatic rings. The molecule has 0 spiro atoms. The molecule has 3 rings (SSSR count). The average Bonchev–Trinajstić information content (AvgIpc) is 2.74. The number of anilines is 1. The second kappa shape index (κ2) is 9.26. The Morgan fingerprint density at radius 1 is 0.897 bits per heavy atom. The van der Waals surface area contributed by atoms with Crippen LogP contribution in [0.25, 0.3) is 0 Å². The van der Waals surface area contributed by atoms with E-state index in [1.54, 1.807) is 55.6 Å². The fourth-order valence-corrected chi connectivity index (χ4v) is 3.09. The van der Waals surface area contributed by atoms with Crippen LogP contribution >= 0.6 is 11.6 Å². The Morgan fingerprint density at radius 2 is 1.55 bits per heavy atom. The number of rotatable bonds is 6. The van der Waals surface area contributed by atoms with Gasteiger partial charge in [0.25, 0.3) is 11.8 Å². The maximum atomic E-state index is 12.9. The minimum absolute atomic E-state index is 0.279. The van der Waals surface area contributed by atoms with Crippen LogP contribution in [-0.4, -0.2) is 18.9 Å². The van der Waals surface area contributed by atoms with Crippen molar-refractivity contribution in [2.24, 2.45) is 0 Å². The van der Waals surface area contributed by atoms with Gasteiger partial charge in [-0.3, -0.25) is 9.59 Å². The molecule has 0 aliphatic carbocycles. The summed E-state index contributed by atoms with van der Waals surface area (Å²) in [5.41, 5.74) is 2.12. The molecule has 0 aliphatic heterocycles. The van der Waals surface area contributed by atoms with Gasteiger partial charge in [-0.05, 0) is 49.4 Å². The van der Waals surface area contributed by atoms with Crippen LogP contribution in [0.4, 0.5) is 5.69 Å². The number of carbonyl (C=O) groups excluding carboxylic acids is 2. The largest absolute Gasteiger partial charge is 0.496 e. The van der Waals surface area contributed by atoms with E-state index in [2.05, 4.69) is 10.6 Å². The van der Waals surface area contributed by atoms with Crippen molar-refractivity contribution in [3.8, 4) is 5.75 Å². The number of carbonyl (C=O) groups is 2. The maximum absolute atomic E-state index is 12.9. The third-order valence-electron chi connectivity index (χ3n) is 4.48. The zero-order valence-corrected chi connectivity index (χ0v) is 16.9. The number of methoxy groups -OCH3 is 1. The number of halogens is 1. The molecule has 0 aromatic heterocycles. The molecular formula is C23H21ClN2O3. The molecule has 148 valence electrons. The number of para-hydroxylation sites is 2. The number of hydrogen-bond donors (Lipinski definition) is 2. The van der Waals surface area contributed by atoms with Crippen LogP contribution in [-0.2, 0) is 0 Å². The quantitative estimate of drug-likeness (QED) is 0.596. The van der Waals surface area contributed by atoms with Crippen molar-refractivity contribution in [1.82, 2.24) is 5.32 Å². The van der Waals surface area contributed by atoms with E-state index in [0.717, 1.165) is 5.56 Å². The fourth-order valence-electron chi connectivity index (χ4n) is 2.96. The Kier molecular flexibility index (Phi) is 6.52. The molecule has 0 fully saturated rings. The van der Waals surface area contributed by atoms with Gasteiger partial charge in [0.1, 0.15) is 5.75 Å². The fraction of sp³-hybridized carbons (Fsp3) is 0.130. The van der Waals surface area contributed by atoms with E-state index in [0.29, 0.717) is 27.6 Å². The molecular weight excluding hydrogens is 388 g/mol. The lowest BCUT2D eigenvalue weighted by Crippen LogP contribution is -2.28. The smallest absolute Gasteiger partial charge is 0.255 e. The van der Waals surface area contributed by atoms with Crippen molar-refractivity contribution >= 4 is 29.1 Å². The summed E-state index contributed by atoms with van der Waals surface area (Å²) < 4.78 is 5.37. The second-order valence-electron chi connectivity index (χ2n) is 6.44. The predicted octanol–water partition coefficient (Wildman–Crippen LogP) is 5.09. The van der Waals surface area contributed by atoms with Crippen LogP contribution in [0.15, 0.2) is 72.8 Å². The van der Waals surface area contributed by atoms with Crippen molar-refractivity contribution in [3.63, 3.8) is 0 Å². The minimum atomic E-state index is -0.320. The Balaban J connectivity index is 1.78. The van der Waals surface area contributed by atoms with Crippen LogP contribution in [0, 0.1) is 0 Å². The summed E-state index contributed by atoms with van der Waals surface area (Å²) in [5.74, 6) is 0.0831. The maximum Gasteiger partial charge on any atom is 0.255 e. The third kappa shape index (κ3) is 4.95. The molecule has 29 heavy (non-hydrogen) atoms. The third-order valence-corrected chi connectivity index (χ3v) is 4.73. The molecule has 0 bridgehead atoms. The zero-order valence-electron chi connectivity index (χ0n) is 16.1. The summed E-state index contributed by atoms with van der Waals surface area (Å²) in [6.45, 7) is 1.88. The molecule has 0 saturated heterocycles. The lowest BCUT2D eigenvalue weighted by Gasteiger charge is -2.18. The van der Waals surface area contributed by atoms with Crippen LogP contribution in [0.2, 0.25) is 5.02 Å². The standard InChI is InChI=1S/C23H21ClN2O3/c1-15(18-7-4-6-10-21(18)29-2)25-23(28)19-8-3-5-9-20(19)26-22(27)16-11-13-17(24)14-12-16/h3-15H,1-2H3,(H,25,28)(H,26,27)/t15-/m1/s1. The van der Waals surface area contributed by atoms with Gasteiger partial charge in [-0.15, -0.1) is 0 Å². The normalized spacial score (nSPS) is 11.4. The monoisotopic (exact) mass is 408 g/mol. The van der Waals surface area contributed by atoms with E-state index in [-0.39, 0.29) is 17.9 Å². The highest BCUT2D eigenvalue weighted by Gasteiger charge is 2.18. The van der Waals surface area contributed by atoms with E-state index >= 15 is 0 Å². The lowest BCUT2D eigenvalue weighted by molar-refractivity contribution is 0.0940. The van der Waals surface area contributed by atoms with Gasteiger partial charge in [-0.1, -0.05) is 41.9 Å². The van der Waals surface area contributed by atoms with Gasteiger partial charge < -0.3 is 15.4 Å². The molecule has 5 nitrogen and oxygen atoms in total. The molecule has 1 atom stereocenters. The summed E-state index contributed by atoms with van der Waals surface area (Å²) in [6, 6.07) is 20.6. The van der Waals surface area contributed by atoms with Crippen molar-refractivity contribution in [2.45, 2.75) is 13.0 Å². The summed E-state index contributed by atoms with van der Waals surface area (Å²) in [5, 5.41) is 6.30. The first-order chi connectivity index (χ1) is 14.0. The Morgan fingerprint density at radius 3 is 2.28 bits per heavy atom. The van der Waals surface area contributed by atoms with Crippen molar-refractivity contribution in [2.75, 3.05) is 12.4 Å².